The van der Waals surface area contributed by atoms with Crippen LogP contribution in [-0.2, 0) is 0 Å². The Morgan fingerprint density at radius 3 is 2.27 bits per heavy atom. The van der Waals surface area contributed by atoms with Crippen molar-refractivity contribution in [3.8, 4) is 0 Å². The molecule has 0 aromatic heterocycles. The third-order valence-electron chi connectivity index (χ3n) is 3.53. The van der Waals surface area contributed by atoms with Gasteiger partial charge in [0, 0.05) is 12.7 Å². The predicted octanol–water partition coefficient (Wildman–Crippen LogP) is 2.74. The third kappa shape index (κ3) is 2.15. The van der Waals surface area contributed by atoms with Crippen molar-refractivity contribution in [2.24, 2.45) is 5.73 Å². The van der Waals surface area contributed by atoms with E-state index >= 15 is 0 Å². The van der Waals surface area contributed by atoms with E-state index in [-0.39, 0.29) is 5.66 Å². The Labute approximate surface area is 92.1 Å². The first-order chi connectivity index (χ1) is 7.22. The summed E-state index contributed by atoms with van der Waals surface area (Å²) in [4.78, 5) is 2.24. The van der Waals surface area contributed by atoms with E-state index < -0.39 is 0 Å². The summed E-state index contributed by atoms with van der Waals surface area (Å²) in [6.07, 6.45) is 6.07. The second kappa shape index (κ2) is 4.23. The molecule has 0 heterocycles. The second-order valence-electron chi connectivity index (χ2n) is 4.56. The fourth-order valence-electron chi connectivity index (χ4n) is 2.41. The molecule has 0 bridgehead atoms. The lowest BCUT2D eigenvalue weighted by Gasteiger charge is -2.43. The van der Waals surface area contributed by atoms with Crippen LogP contribution >= 0.6 is 0 Å². The maximum atomic E-state index is 6.46. The number of rotatable bonds is 2. The third-order valence-corrected chi connectivity index (χ3v) is 3.53. The molecule has 2 rings (SSSR count). The minimum Gasteiger partial charge on any atom is -0.357 e. The van der Waals surface area contributed by atoms with E-state index in [9.17, 15) is 0 Å². The molecule has 0 aliphatic heterocycles. The van der Waals surface area contributed by atoms with E-state index in [0.29, 0.717) is 0 Å². The average molecular weight is 204 g/mol. The summed E-state index contributed by atoms with van der Waals surface area (Å²) in [5.41, 5.74) is 7.56. The van der Waals surface area contributed by atoms with Gasteiger partial charge in [0.2, 0.25) is 0 Å². The summed E-state index contributed by atoms with van der Waals surface area (Å²) < 4.78 is 0. The molecule has 2 N–H and O–H groups in total. The number of benzene rings is 1. The maximum Gasteiger partial charge on any atom is 0.0880 e. The van der Waals surface area contributed by atoms with E-state index in [1.54, 1.807) is 0 Å². The first kappa shape index (κ1) is 10.5. The zero-order valence-electron chi connectivity index (χ0n) is 9.45. The van der Waals surface area contributed by atoms with E-state index in [1.165, 1.54) is 24.9 Å². The van der Waals surface area contributed by atoms with Gasteiger partial charge in [-0.15, -0.1) is 0 Å². The average Bonchev–Trinajstić information content (AvgIpc) is 2.30. The first-order valence-electron chi connectivity index (χ1n) is 5.80. The normalized spacial score (nSPS) is 19.9. The lowest BCUT2D eigenvalue weighted by molar-refractivity contribution is 0.293. The Morgan fingerprint density at radius 1 is 1.07 bits per heavy atom. The first-order valence-corrected chi connectivity index (χ1v) is 5.80. The van der Waals surface area contributed by atoms with Crippen LogP contribution in [0.2, 0.25) is 0 Å². The Kier molecular flexibility index (Phi) is 2.96. The number of hydrogen-bond acceptors (Lipinski definition) is 2. The van der Waals surface area contributed by atoms with Gasteiger partial charge in [0.05, 0.1) is 5.66 Å². The van der Waals surface area contributed by atoms with Crippen molar-refractivity contribution in [1.82, 2.24) is 0 Å². The molecule has 1 aromatic rings. The van der Waals surface area contributed by atoms with Crippen molar-refractivity contribution < 1.29 is 0 Å². The van der Waals surface area contributed by atoms with Gasteiger partial charge in [0.15, 0.2) is 0 Å². The fraction of sp³-hybridized carbons (Fsp3) is 0.538. The van der Waals surface area contributed by atoms with Crippen molar-refractivity contribution in [3.05, 3.63) is 30.3 Å². The highest BCUT2D eigenvalue weighted by atomic mass is 15.3. The largest absolute Gasteiger partial charge is 0.357 e. The molecule has 0 unspecified atom stereocenters. The van der Waals surface area contributed by atoms with Crippen LogP contribution in [0, 0.1) is 0 Å². The topological polar surface area (TPSA) is 29.3 Å². The standard InChI is InChI=1S/C13H20N2/c1-15(12-8-4-2-5-9-12)13(14)10-6-3-7-11-13/h2,4-5,8-9H,3,6-7,10-11,14H2,1H3. The smallest absolute Gasteiger partial charge is 0.0880 e. The van der Waals surface area contributed by atoms with Crippen molar-refractivity contribution in [2.45, 2.75) is 37.8 Å². The zero-order chi connectivity index (χ0) is 10.7. The van der Waals surface area contributed by atoms with Crippen LogP contribution in [0.15, 0.2) is 30.3 Å². The van der Waals surface area contributed by atoms with Gasteiger partial charge in [-0.05, 0) is 37.8 Å². The Morgan fingerprint density at radius 2 is 1.67 bits per heavy atom. The van der Waals surface area contributed by atoms with Crippen LogP contribution in [0.5, 0.6) is 0 Å². The Hall–Kier alpha value is -1.02. The highest BCUT2D eigenvalue weighted by Gasteiger charge is 2.31. The molecule has 1 aliphatic rings. The van der Waals surface area contributed by atoms with Gasteiger partial charge >= 0.3 is 0 Å². The number of nitrogens with zero attached hydrogens (tertiary/aromatic N) is 1. The van der Waals surface area contributed by atoms with Crippen molar-refractivity contribution in [3.63, 3.8) is 0 Å². The highest BCUT2D eigenvalue weighted by Crippen LogP contribution is 2.31. The highest BCUT2D eigenvalue weighted by molar-refractivity contribution is 5.47. The van der Waals surface area contributed by atoms with Gasteiger partial charge in [-0.3, -0.25) is 0 Å². The van der Waals surface area contributed by atoms with Gasteiger partial charge < -0.3 is 10.6 Å². The summed E-state index contributed by atoms with van der Waals surface area (Å²) in [5.74, 6) is 0. The minimum absolute atomic E-state index is 0.125. The number of anilines is 1. The van der Waals surface area contributed by atoms with Crippen LogP contribution in [-0.4, -0.2) is 12.7 Å². The fourth-order valence-corrected chi connectivity index (χ4v) is 2.41. The Bertz CT molecular complexity index is 302. The lowest BCUT2D eigenvalue weighted by atomic mass is 9.88. The molecule has 15 heavy (non-hydrogen) atoms. The molecule has 2 nitrogen and oxygen atoms in total. The SMILES string of the molecule is CN(c1ccccc1)C1(N)CCCCC1. The zero-order valence-corrected chi connectivity index (χ0v) is 9.45. The van der Waals surface area contributed by atoms with Crippen molar-refractivity contribution in [1.29, 1.82) is 0 Å². The van der Waals surface area contributed by atoms with E-state index in [1.807, 2.05) is 6.07 Å². The molecule has 1 aliphatic carbocycles. The summed E-state index contributed by atoms with van der Waals surface area (Å²) in [6, 6.07) is 10.4. The quantitative estimate of drug-likeness (QED) is 0.750. The molecule has 2 heteroatoms. The minimum atomic E-state index is -0.125. The van der Waals surface area contributed by atoms with Gasteiger partial charge in [-0.2, -0.15) is 0 Å². The molecular weight excluding hydrogens is 184 g/mol. The van der Waals surface area contributed by atoms with Gasteiger partial charge in [0.1, 0.15) is 0 Å². The molecule has 0 saturated heterocycles. The molecule has 82 valence electrons. The van der Waals surface area contributed by atoms with Crippen LogP contribution < -0.4 is 10.6 Å². The van der Waals surface area contributed by atoms with Crippen LogP contribution in [0.3, 0.4) is 0 Å². The van der Waals surface area contributed by atoms with Crippen LogP contribution in [0.25, 0.3) is 0 Å². The van der Waals surface area contributed by atoms with E-state index in [4.69, 9.17) is 5.73 Å². The van der Waals surface area contributed by atoms with Gasteiger partial charge in [-0.1, -0.05) is 24.6 Å². The number of nitrogens with two attached hydrogens (primary N) is 1. The summed E-state index contributed by atoms with van der Waals surface area (Å²) in [6.45, 7) is 0. The second-order valence-corrected chi connectivity index (χ2v) is 4.56. The molecule has 0 amide bonds. The maximum absolute atomic E-state index is 6.46. The molecule has 0 radical (unpaired) electrons. The van der Waals surface area contributed by atoms with E-state index in [0.717, 1.165) is 12.8 Å². The summed E-state index contributed by atoms with van der Waals surface area (Å²) in [5, 5.41) is 0. The molecule has 0 spiro atoms. The van der Waals surface area contributed by atoms with Crippen molar-refractivity contribution >= 4 is 5.69 Å². The number of para-hydroxylation sites is 1. The van der Waals surface area contributed by atoms with Crippen LogP contribution in [0.4, 0.5) is 5.69 Å². The number of hydrogen-bond donors (Lipinski definition) is 1. The van der Waals surface area contributed by atoms with Crippen LogP contribution in [0.1, 0.15) is 32.1 Å². The lowest BCUT2D eigenvalue weighted by Crippen LogP contribution is -2.55. The molecule has 0 atom stereocenters. The monoisotopic (exact) mass is 204 g/mol. The summed E-state index contributed by atoms with van der Waals surface area (Å²) >= 11 is 0. The van der Waals surface area contributed by atoms with Crippen molar-refractivity contribution in [2.75, 3.05) is 11.9 Å². The van der Waals surface area contributed by atoms with E-state index in [2.05, 4.69) is 36.2 Å². The van der Waals surface area contributed by atoms with Gasteiger partial charge in [-0.25, -0.2) is 0 Å². The summed E-state index contributed by atoms with van der Waals surface area (Å²) in [7, 11) is 2.11. The molecular formula is C13H20N2. The Balaban J connectivity index is 2.16. The van der Waals surface area contributed by atoms with Gasteiger partial charge in [0.25, 0.3) is 0 Å². The molecule has 1 saturated carbocycles. The molecule has 1 fully saturated rings. The predicted molar refractivity (Wildman–Crippen MR) is 64.8 cm³/mol. The molecule has 1 aromatic carbocycles.